The fourth-order valence-electron chi connectivity index (χ4n) is 2.60. The number of nitrogens with zero attached hydrogens (tertiary/aromatic N) is 1. The summed E-state index contributed by atoms with van der Waals surface area (Å²) >= 11 is 0. The van der Waals surface area contributed by atoms with Crippen molar-refractivity contribution in [2.45, 2.75) is 39.7 Å². The van der Waals surface area contributed by atoms with Crippen molar-refractivity contribution in [1.82, 2.24) is 0 Å². The normalized spacial score (nSPS) is 26.8. The standard InChI is InChI=1S/C13H17NO/c1-9-5-13(6-10(2)11(9)15)7-12(3,4)14-8-13/h5-6,8H,7H2,1-4H3. The molecule has 0 amide bonds. The largest absolute Gasteiger partial charge is 0.290 e. The zero-order valence-electron chi connectivity index (χ0n) is 9.79. The second kappa shape index (κ2) is 2.91. The van der Waals surface area contributed by atoms with Crippen LogP contribution >= 0.6 is 0 Å². The number of rotatable bonds is 0. The Hall–Kier alpha value is -1.18. The maximum atomic E-state index is 11.6. The van der Waals surface area contributed by atoms with Crippen LogP contribution in [-0.2, 0) is 4.79 Å². The first-order valence-electron chi connectivity index (χ1n) is 5.34. The average molecular weight is 203 g/mol. The Morgan fingerprint density at radius 1 is 1.20 bits per heavy atom. The Bertz CT molecular complexity index is 388. The summed E-state index contributed by atoms with van der Waals surface area (Å²) in [4.78, 5) is 16.2. The number of Topliss-reactive ketones (excluding diaryl/α,β-unsaturated/α-hetero) is 1. The van der Waals surface area contributed by atoms with Gasteiger partial charge in [0.1, 0.15) is 0 Å². The average Bonchev–Trinajstić information content (AvgIpc) is 2.38. The van der Waals surface area contributed by atoms with E-state index < -0.39 is 0 Å². The molecule has 2 rings (SSSR count). The van der Waals surface area contributed by atoms with Crippen molar-refractivity contribution in [3.63, 3.8) is 0 Å². The van der Waals surface area contributed by atoms with Gasteiger partial charge in [-0.1, -0.05) is 12.2 Å². The van der Waals surface area contributed by atoms with Crippen LogP contribution in [0.5, 0.6) is 0 Å². The maximum Gasteiger partial charge on any atom is 0.183 e. The molecule has 0 atom stereocenters. The molecule has 1 heterocycles. The molecule has 2 heteroatoms. The SMILES string of the molecule is CC1=CC2(C=NC(C)(C)C2)C=C(C)C1=O. The van der Waals surface area contributed by atoms with E-state index >= 15 is 0 Å². The number of hydrogen-bond acceptors (Lipinski definition) is 2. The van der Waals surface area contributed by atoms with Crippen LogP contribution in [0.25, 0.3) is 0 Å². The smallest absolute Gasteiger partial charge is 0.183 e. The van der Waals surface area contributed by atoms with Crippen molar-refractivity contribution in [3.05, 3.63) is 23.3 Å². The van der Waals surface area contributed by atoms with Crippen molar-refractivity contribution >= 4 is 12.0 Å². The van der Waals surface area contributed by atoms with Gasteiger partial charge in [-0.05, 0) is 45.3 Å². The monoisotopic (exact) mass is 203 g/mol. The second-order valence-electron chi connectivity index (χ2n) is 5.34. The molecular formula is C13H17NO. The lowest BCUT2D eigenvalue weighted by Gasteiger charge is -2.27. The van der Waals surface area contributed by atoms with E-state index in [1.165, 1.54) is 0 Å². The summed E-state index contributed by atoms with van der Waals surface area (Å²) in [5, 5.41) is 0. The van der Waals surface area contributed by atoms with Crippen molar-refractivity contribution in [2.24, 2.45) is 10.4 Å². The summed E-state index contributed by atoms with van der Waals surface area (Å²) in [5.74, 6) is 0.165. The van der Waals surface area contributed by atoms with E-state index in [1.54, 1.807) is 0 Å². The molecule has 80 valence electrons. The van der Waals surface area contributed by atoms with Gasteiger partial charge in [0.05, 0.1) is 5.54 Å². The fourth-order valence-corrected chi connectivity index (χ4v) is 2.60. The Kier molecular flexibility index (Phi) is 2.00. The van der Waals surface area contributed by atoms with E-state index in [-0.39, 0.29) is 16.7 Å². The van der Waals surface area contributed by atoms with Crippen LogP contribution in [0.1, 0.15) is 34.1 Å². The number of allylic oxidation sites excluding steroid dienone is 4. The summed E-state index contributed by atoms with van der Waals surface area (Å²) < 4.78 is 0. The van der Waals surface area contributed by atoms with Crippen molar-refractivity contribution in [2.75, 3.05) is 0 Å². The second-order valence-corrected chi connectivity index (χ2v) is 5.34. The topological polar surface area (TPSA) is 29.4 Å². The molecule has 0 unspecified atom stereocenters. The van der Waals surface area contributed by atoms with Crippen molar-refractivity contribution in [3.8, 4) is 0 Å². The van der Waals surface area contributed by atoms with Crippen molar-refractivity contribution in [1.29, 1.82) is 0 Å². The van der Waals surface area contributed by atoms with E-state index in [0.717, 1.165) is 17.6 Å². The van der Waals surface area contributed by atoms with Crippen LogP contribution in [0.15, 0.2) is 28.3 Å². The van der Waals surface area contributed by atoms with Gasteiger partial charge in [-0.15, -0.1) is 0 Å². The molecule has 1 aliphatic carbocycles. The molecule has 0 aromatic carbocycles. The first-order chi connectivity index (χ1) is 6.84. The molecule has 0 aromatic rings. The molecule has 15 heavy (non-hydrogen) atoms. The first kappa shape index (κ1) is 10.3. The van der Waals surface area contributed by atoms with Gasteiger partial charge in [0.2, 0.25) is 0 Å². The lowest BCUT2D eigenvalue weighted by molar-refractivity contribution is -0.112. The number of ketones is 1. The van der Waals surface area contributed by atoms with Gasteiger partial charge in [0.15, 0.2) is 5.78 Å². The molecule has 0 saturated heterocycles. The van der Waals surface area contributed by atoms with Crippen LogP contribution in [0.2, 0.25) is 0 Å². The molecule has 0 saturated carbocycles. The molecule has 1 spiro atoms. The van der Waals surface area contributed by atoms with Gasteiger partial charge in [-0.25, -0.2) is 0 Å². The molecule has 0 radical (unpaired) electrons. The van der Waals surface area contributed by atoms with Gasteiger partial charge in [-0.3, -0.25) is 9.79 Å². The molecule has 2 nitrogen and oxygen atoms in total. The number of hydrogen-bond donors (Lipinski definition) is 0. The van der Waals surface area contributed by atoms with Crippen LogP contribution in [0.4, 0.5) is 0 Å². The number of carbonyl (C=O) groups is 1. The third-order valence-corrected chi connectivity index (χ3v) is 3.08. The third kappa shape index (κ3) is 1.69. The van der Waals surface area contributed by atoms with Crippen molar-refractivity contribution < 1.29 is 4.79 Å². The molecule has 0 fully saturated rings. The molecule has 0 N–H and O–H groups in total. The predicted molar refractivity (Wildman–Crippen MR) is 62.1 cm³/mol. The van der Waals surface area contributed by atoms with E-state index in [4.69, 9.17) is 0 Å². The number of aliphatic imine (C=N–C) groups is 1. The highest BCUT2D eigenvalue weighted by atomic mass is 16.1. The Labute approximate surface area is 90.8 Å². The predicted octanol–water partition coefficient (Wildman–Crippen LogP) is 2.70. The summed E-state index contributed by atoms with van der Waals surface area (Å²) in [6, 6.07) is 0. The van der Waals surface area contributed by atoms with Gasteiger partial charge in [-0.2, -0.15) is 0 Å². The highest BCUT2D eigenvalue weighted by molar-refractivity contribution is 6.09. The van der Waals surface area contributed by atoms with Crippen LogP contribution in [0.3, 0.4) is 0 Å². The third-order valence-electron chi connectivity index (χ3n) is 3.08. The summed E-state index contributed by atoms with van der Waals surface area (Å²) in [6.45, 7) is 8.03. The highest BCUT2D eigenvalue weighted by Gasteiger charge is 2.39. The van der Waals surface area contributed by atoms with E-state index in [0.29, 0.717) is 0 Å². The van der Waals surface area contributed by atoms with E-state index in [9.17, 15) is 4.79 Å². The molecular weight excluding hydrogens is 186 g/mol. The van der Waals surface area contributed by atoms with E-state index in [2.05, 4.69) is 31.0 Å². The zero-order chi connectivity index (χ0) is 11.3. The van der Waals surface area contributed by atoms with Gasteiger partial charge >= 0.3 is 0 Å². The lowest BCUT2D eigenvalue weighted by Crippen LogP contribution is -2.26. The van der Waals surface area contributed by atoms with Gasteiger partial charge in [0.25, 0.3) is 0 Å². The minimum Gasteiger partial charge on any atom is -0.290 e. The summed E-state index contributed by atoms with van der Waals surface area (Å²) in [6.07, 6.45) is 7.07. The maximum absolute atomic E-state index is 11.6. The Morgan fingerprint density at radius 3 is 2.13 bits per heavy atom. The van der Waals surface area contributed by atoms with E-state index in [1.807, 2.05) is 20.1 Å². The fraction of sp³-hybridized carbons (Fsp3) is 0.538. The molecule has 0 aromatic heterocycles. The Balaban J connectivity index is 2.42. The molecule has 0 bridgehead atoms. The van der Waals surface area contributed by atoms with Gasteiger partial charge in [0, 0.05) is 11.6 Å². The van der Waals surface area contributed by atoms with Crippen LogP contribution in [0, 0.1) is 5.41 Å². The minimum atomic E-state index is -0.106. The quantitative estimate of drug-likeness (QED) is 0.595. The number of carbonyl (C=O) groups excluding carboxylic acids is 1. The zero-order valence-corrected chi connectivity index (χ0v) is 9.79. The first-order valence-corrected chi connectivity index (χ1v) is 5.34. The minimum absolute atomic E-state index is 0.00600. The highest BCUT2D eigenvalue weighted by Crippen LogP contribution is 2.41. The van der Waals surface area contributed by atoms with Gasteiger partial charge < -0.3 is 0 Å². The van der Waals surface area contributed by atoms with Crippen LogP contribution < -0.4 is 0 Å². The van der Waals surface area contributed by atoms with Crippen LogP contribution in [-0.4, -0.2) is 17.5 Å². The summed E-state index contributed by atoms with van der Waals surface area (Å²) in [5.41, 5.74) is 1.58. The molecule has 1 aliphatic heterocycles. The lowest BCUT2D eigenvalue weighted by atomic mass is 9.75. The Morgan fingerprint density at radius 2 is 1.73 bits per heavy atom. The molecule has 2 aliphatic rings. The summed E-state index contributed by atoms with van der Waals surface area (Å²) in [7, 11) is 0.